The van der Waals surface area contributed by atoms with Crippen molar-refractivity contribution in [3.63, 3.8) is 0 Å². The van der Waals surface area contributed by atoms with Crippen LogP contribution in [0, 0.1) is 13.8 Å². The molecule has 0 aliphatic carbocycles. The van der Waals surface area contributed by atoms with E-state index in [0.717, 1.165) is 16.0 Å². The number of hydrogen-bond acceptors (Lipinski definition) is 4. The molecule has 0 radical (unpaired) electrons. The maximum Gasteiger partial charge on any atom is 0.343 e. The fourth-order valence-electron chi connectivity index (χ4n) is 2.28. The van der Waals surface area contributed by atoms with Crippen molar-refractivity contribution in [2.24, 2.45) is 0 Å². The average molecular weight is 313 g/mol. The van der Waals surface area contributed by atoms with Crippen LogP contribution in [0.3, 0.4) is 0 Å². The maximum atomic E-state index is 12.3. The van der Waals surface area contributed by atoms with Gasteiger partial charge in [0.2, 0.25) is 5.91 Å². The van der Waals surface area contributed by atoms with E-state index in [1.807, 2.05) is 32.0 Å². The number of carbonyl (C=O) groups excluding carboxylic acids is 2. The molecule has 0 unspecified atom stereocenters. The number of ether oxygens (including phenoxy) is 1. The predicted molar refractivity (Wildman–Crippen MR) is 86.7 cm³/mol. The van der Waals surface area contributed by atoms with Gasteiger partial charge in [-0.3, -0.25) is 4.79 Å². The van der Waals surface area contributed by atoms with Crippen LogP contribution >= 0.6 is 11.8 Å². The van der Waals surface area contributed by atoms with Gasteiger partial charge in [-0.05, 0) is 43.7 Å². The van der Waals surface area contributed by atoms with Gasteiger partial charge in [0.1, 0.15) is 5.75 Å². The third-order valence-electron chi connectivity index (χ3n) is 3.38. The summed E-state index contributed by atoms with van der Waals surface area (Å²) >= 11 is 1.46. The first-order chi connectivity index (χ1) is 10.5. The smallest absolute Gasteiger partial charge is 0.343 e. The van der Waals surface area contributed by atoms with Crippen molar-refractivity contribution in [1.29, 1.82) is 0 Å². The molecular weight excluding hydrogens is 298 g/mol. The monoisotopic (exact) mass is 313 g/mol. The minimum absolute atomic E-state index is 0.0580. The first-order valence-corrected chi connectivity index (χ1v) is 7.87. The number of thioether (sulfide) groups is 1. The Balaban J connectivity index is 1.83. The molecule has 0 bridgehead atoms. The molecule has 0 saturated heterocycles. The molecule has 1 N–H and O–H groups in total. The molecule has 2 aromatic rings. The second kappa shape index (κ2) is 5.85. The fourth-order valence-corrected chi connectivity index (χ4v) is 3.07. The standard InChI is InChI=1S/C17H15NO3S/c1-10-3-5-14(11(2)7-10)21-17(20)12-4-6-15-13(8-12)18-16(19)9-22-15/h3-8H,9H2,1-2H3,(H,18,19). The van der Waals surface area contributed by atoms with Gasteiger partial charge >= 0.3 is 5.97 Å². The van der Waals surface area contributed by atoms with Crippen LogP contribution in [0.4, 0.5) is 5.69 Å². The largest absolute Gasteiger partial charge is 0.423 e. The van der Waals surface area contributed by atoms with Gasteiger partial charge in [-0.1, -0.05) is 17.7 Å². The number of anilines is 1. The summed E-state index contributed by atoms with van der Waals surface area (Å²) in [5.41, 5.74) is 3.11. The number of hydrogen-bond donors (Lipinski definition) is 1. The van der Waals surface area contributed by atoms with E-state index in [-0.39, 0.29) is 5.91 Å². The number of esters is 1. The number of rotatable bonds is 2. The lowest BCUT2D eigenvalue weighted by Gasteiger charge is -2.16. The second-order valence-corrected chi connectivity index (χ2v) is 6.22. The summed E-state index contributed by atoms with van der Waals surface area (Å²) in [5.74, 6) is 0.461. The summed E-state index contributed by atoms with van der Waals surface area (Å²) in [6.45, 7) is 3.89. The first kappa shape index (κ1) is 14.7. The fraction of sp³-hybridized carbons (Fsp3) is 0.176. The maximum absolute atomic E-state index is 12.3. The highest BCUT2D eigenvalue weighted by Gasteiger charge is 2.18. The number of aryl methyl sites for hydroxylation is 2. The van der Waals surface area contributed by atoms with E-state index in [0.29, 0.717) is 22.8 Å². The van der Waals surface area contributed by atoms with Crippen molar-refractivity contribution >= 4 is 29.3 Å². The van der Waals surface area contributed by atoms with Crippen LogP contribution in [0.2, 0.25) is 0 Å². The molecule has 1 heterocycles. The summed E-state index contributed by atoms with van der Waals surface area (Å²) in [6, 6.07) is 10.9. The molecule has 112 valence electrons. The first-order valence-electron chi connectivity index (χ1n) is 6.89. The highest BCUT2D eigenvalue weighted by molar-refractivity contribution is 8.00. The second-order valence-electron chi connectivity index (χ2n) is 5.21. The predicted octanol–water partition coefficient (Wildman–Crippen LogP) is 3.57. The lowest BCUT2D eigenvalue weighted by molar-refractivity contribution is -0.113. The normalized spacial score (nSPS) is 13.3. The molecule has 1 aliphatic rings. The molecule has 5 heteroatoms. The van der Waals surface area contributed by atoms with E-state index >= 15 is 0 Å². The summed E-state index contributed by atoms with van der Waals surface area (Å²) in [6.07, 6.45) is 0. The van der Waals surface area contributed by atoms with Crippen LogP contribution in [0.15, 0.2) is 41.3 Å². The van der Waals surface area contributed by atoms with Gasteiger partial charge in [-0.15, -0.1) is 11.8 Å². The van der Waals surface area contributed by atoms with Gasteiger partial charge in [0.15, 0.2) is 0 Å². The van der Waals surface area contributed by atoms with Gasteiger partial charge in [-0.2, -0.15) is 0 Å². The Hall–Kier alpha value is -2.27. The summed E-state index contributed by atoms with van der Waals surface area (Å²) < 4.78 is 5.45. The number of carbonyl (C=O) groups is 2. The Bertz CT molecular complexity index is 770. The van der Waals surface area contributed by atoms with E-state index in [4.69, 9.17) is 4.74 Å². The van der Waals surface area contributed by atoms with Gasteiger partial charge in [0.25, 0.3) is 0 Å². The van der Waals surface area contributed by atoms with Crippen LogP contribution < -0.4 is 10.1 Å². The van der Waals surface area contributed by atoms with E-state index in [1.165, 1.54) is 11.8 Å². The summed E-state index contributed by atoms with van der Waals surface area (Å²) in [4.78, 5) is 24.7. The van der Waals surface area contributed by atoms with Crippen LogP contribution in [0.25, 0.3) is 0 Å². The van der Waals surface area contributed by atoms with Gasteiger partial charge in [0.05, 0.1) is 17.0 Å². The third-order valence-corrected chi connectivity index (χ3v) is 4.45. The molecule has 0 spiro atoms. The highest BCUT2D eigenvalue weighted by Crippen LogP contribution is 2.32. The zero-order chi connectivity index (χ0) is 15.7. The SMILES string of the molecule is Cc1ccc(OC(=O)c2ccc3c(c2)NC(=O)CS3)c(C)c1. The Morgan fingerprint density at radius 2 is 2.00 bits per heavy atom. The van der Waals surface area contributed by atoms with Crippen LogP contribution in [-0.4, -0.2) is 17.6 Å². The van der Waals surface area contributed by atoms with Crippen molar-refractivity contribution in [1.82, 2.24) is 0 Å². The van der Waals surface area contributed by atoms with Crippen molar-refractivity contribution in [3.05, 3.63) is 53.1 Å². The Morgan fingerprint density at radius 3 is 2.77 bits per heavy atom. The van der Waals surface area contributed by atoms with Gasteiger partial charge < -0.3 is 10.1 Å². The minimum Gasteiger partial charge on any atom is -0.423 e. The molecule has 2 aromatic carbocycles. The molecule has 0 atom stereocenters. The minimum atomic E-state index is -0.431. The number of fused-ring (bicyclic) bond motifs is 1. The number of benzene rings is 2. The molecule has 4 nitrogen and oxygen atoms in total. The lowest BCUT2D eigenvalue weighted by atomic mass is 10.1. The number of amides is 1. The molecule has 0 fully saturated rings. The van der Waals surface area contributed by atoms with Gasteiger partial charge in [0, 0.05) is 4.90 Å². The Kier molecular flexibility index (Phi) is 3.90. The molecule has 0 aromatic heterocycles. The lowest BCUT2D eigenvalue weighted by Crippen LogP contribution is -2.19. The summed E-state index contributed by atoms with van der Waals surface area (Å²) in [5, 5.41) is 2.77. The van der Waals surface area contributed by atoms with Crippen LogP contribution in [-0.2, 0) is 4.79 Å². The molecule has 1 aliphatic heterocycles. The van der Waals surface area contributed by atoms with Crippen molar-refractivity contribution in [3.8, 4) is 5.75 Å². The van der Waals surface area contributed by atoms with Crippen molar-refractivity contribution in [2.45, 2.75) is 18.7 Å². The molecular formula is C17H15NO3S. The Labute approximate surface area is 132 Å². The van der Waals surface area contributed by atoms with E-state index in [2.05, 4.69) is 5.32 Å². The van der Waals surface area contributed by atoms with Crippen molar-refractivity contribution < 1.29 is 14.3 Å². The van der Waals surface area contributed by atoms with Crippen molar-refractivity contribution in [2.75, 3.05) is 11.1 Å². The average Bonchev–Trinajstić information content (AvgIpc) is 2.49. The van der Waals surface area contributed by atoms with Crippen LogP contribution in [0.1, 0.15) is 21.5 Å². The Morgan fingerprint density at radius 1 is 1.18 bits per heavy atom. The topological polar surface area (TPSA) is 55.4 Å². The van der Waals surface area contributed by atoms with Crippen LogP contribution in [0.5, 0.6) is 5.75 Å². The molecule has 3 rings (SSSR count). The molecule has 1 amide bonds. The zero-order valence-corrected chi connectivity index (χ0v) is 13.1. The van der Waals surface area contributed by atoms with Gasteiger partial charge in [-0.25, -0.2) is 4.79 Å². The zero-order valence-electron chi connectivity index (χ0n) is 12.3. The number of nitrogens with one attached hydrogen (secondary N) is 1. The molecule has 0 saturated carbocycles. The summed E-state index contributed by atoms with van der Waals surface area (Å²) in [7, 11) is 0. The highest BCUT2D eigenvalue weighted by atomic mass is 32.2. The quantitative estimate of drug-likeness (QED) is 0.680. The molecule has 22 heavy (non-hydrogen) atoms. The third kappa shape index (κ3) is 2.99. The van der Waals surface area contributed by atoms with E-state index in [1.54, 1.807) is 18.2 Å². The van der Waals surface area contributed by atoms with E-state index < -0.39 is 5.97 Å². The van der Waals surface area contributed by atoms with E-state index in [9.17, 15) is 9.59 Å².